The number of rotatable bonds is 2. The van der Waals surface area contributed by atoms with Crippen LogP contribution >= 0.6 is 34.8 Å². The van der Waals surface area contributed by atoms with Crippen LogP contribution in [0.15, 0.2) is 54.6 Å². The molecular formula is C14H9Cl3O2. The van der Waals surface area contributed by atoms with Gasteiger partial charge in [-0.3, -0.25) is 0 Å². The zero-order valence-corrected chi connectivity index (χ0v) is 11.9. The fourth-order valence-electron chi connectivity index (χ4n) is 1.51. The second-order valence-electron chi connectivity index (χ2n) is 3.78. The lowest BCUT2D eigenvalue weighted by atomic mass is 10.1. The zero-order valence-electron chi connectivity index (χ0n) is 9.65. The van der Waals surface area contributed by atoms with E-state index in [0.717, 1.165) is 11.1 Å². The standard InChI is InChI=1S/C14H9Cl3O2/c15-14(16,17)13(18)19-12-8-6-11(7-9-12)10-4-2-1-3-5-10/h1-9H. The van der Waals surface area contributed by atoms with E-state index in [0.29, 0.717) is 5.75 Å². The van der Waals surface area contributed by atoms with Crippen molar-refractivity contribution in [3.05, 3.63) is 54.6 Å². The third-order valence-electron chi connectivity index (χ3n) is 2.40. The van der Waals surface area contributed by atoms with Gasteiger partial charge in [0.15, 0.2) is 0 Å². The van der Waals surface area contributed by atoms with E-state index in [-0.39, 0.29) is 0 Å². The number of carbonyl (C=O) groups is 1. The van der Waals surface area contributed by atoms with Crippen LogP contribution in [0, 0.1) is 0 Å². The van der Waals surface area contributed by atoms with Crippen LogP contribution in [-0.4, -0.2) is 9.76 Å². The van der Waals surface area contributed by atoms with Crippen LogP contribution in [0.2, 0.25) is 0 Å². The molecule has 2 aromatic rings. The Labute approximate surface area is 125 Å². The second-order valence-corrected chi connectivity index (χ2v) is 6.06. The lowest BCUT2D eigenvalue weighted by molar-refractivity contribution is -0.133. The van der Waals surface area contributed by atoms with Crippen molar-refractivity contribution in [3.8, 4) is 16.9 Å². The lowest BCUT2D eigenvalue weighted by Gasteiger charge is -2.10. The van der Waals surface area contributed by atoms with Crippen molar-refractivity contribution >= 4 is 40.8 Å². The molecule has 0 aromatic heterocycles. The molecule has 0 aliphatic heterocycles. The quantitative estimate of drug-likeness (QED) is 0.459. The van der Waals surface area contributed by atoms with Gasteiger partial charge in [0.05, 0.1) is 0 Å². The maximum atomic E-state index is 11.4. The SMILES string of the molecule is O=C(Oc1ccc(-c2ccccc2)cc1)C(Cl)(Cl)Cl. The summed E-state index contributed by atoms with van der Waals surface area (Å²) in [4.78, 5) is 11.4. The number of hydrogen-bond donors (Lipinski definition) is 0. The van der Waals surface area contributed by atoms with Crippen molar-refractivity contribution in [3.63, 3.8) is 0 Å². The molecule has 2 aromatic carbocycles. The minimum absolute atomic E-state index is 0.330. The van der Waals surface area contributed by atoms with Gasteiger partial charge in [-0.15, -0.1) is 0 Å². The van der Waals surface area contributed by atoms with Gasteiger partial charge in [0.1, 0.15) is 5.75 Å². The van der Waals surface area contributed by atoms with Gasteiger partial charge in [0.2, 0.25) is 0 Å². The minimum Gasteiger partial charge on any atom is -0.423 e. The van der Waals surface area contributed by atoms with E-state index in [2.05, 4.69) is 0 Å². The molecule has 0 fully saturated rings. The topological polar surface area (TPSA) is 26.3 Å². The summed E-state index contributed by atoms with van der Waals surface area (Å²) in [5.41, 5.74) is 2.08. The van der Waals surface area contributed by atoms with Crippen LogP contribution in [-0.2, 0) is 4.79 Å². The average molecular weight is 316 g/mol. The molecule has 2 rings (SSSR count). The molecule has 0 saturated heterocycles. The molecule has 0 radical (unpaired) electrons. The first-order chi connectivity index (χ1) is 8.97. The number of carbonyl (C=O) groups excluding carboxylic acids is 1. The molecule has 98 valence electrons. The molecule has 0 saturated carbocycles. The number of halogens is 3. The molecule has 0 unspecified atom stereocenters. The van der Waals surface area contributed by atoms with Crippen LogP contribution in [0.5, 0.6) is 5.75 Å². The van der Waals surface area contributed by atoms with Gasteiger partial charge in [-0.1, -0.05) is 77.3 Å². The Morgan fingerprint density at radius 1 is 0.842 bits per heavy atom. The fraction of sp³-hybridized carbons (Fsp3) is 0.0714. The molecule has 0 bridgehead atoms. The third kappa shape index (κ3) is 3.87. The Balaban J connectivity index is 2.14. The van der Waals surface area contributed by atoms with E-state index in [4.69, 9.17) is 39.5 Å². The van der Waals surface area contributed by atoms with Crippen molar-refractivity contribution in [1.82, 2.24) is 0 Å². The Morgan fingerprint density at radius 3 is 1.89 bits per heavy atom. The van der Waals surface area contributed by atoms with Gasteiger partial charge in [-0.05, 0) is 23.3 Å². The van der Waals surface area contributed by atoms with E-state index in [1.54, 1.807) is 12.1 Å². The second kappa shape index (κ2) is 5.83. The highest BCUT2D eigenvalue weighted by Crippen LogP contribution is 2.29. The number of alkyl halides is 3. The van der Waals surface area contributed by atoms with Crippen molar-refractivity contribution in [2.75, 3.05) is 0 Å². The summed E-state index contributed by atoms with van der Waals surface area (Å²) in [6.07, 6.45) is 0. The number of hydrogen-bond acceptors (Lipinski definition) is 2. The molecule has 0 aliphatic carbocycles. The summed E-state index contributed by atoms with van der Waals surface area (Å²) < 4.78 is 2.86. The van der Waals surface area contributed by atoms with Crippen LogP contribution in [0.3, 0.4) is 0 Å². The van der Waals surface area contributed by atoms with Crippen LogP contribution < -0.4 is 4.74 Å². The van der Waals surface area contributed by atoms with Crippen molar-refractivity contribution in [2.45, 2.75) is 3.79 Å². The predicted molar refractivity (Wildman–Crippen MR) is 77.8 cm³/mol. The van der Waals surface area contributed by atoms with Crippen LogP contribution in [0.4, 0.5) is 0 Å². The summed E-state index contributed by atoms with van der Waals surface area (Å²) in [5, 5.41) is 0. The molecule has 0 aliphatic rings. The fourth-order valence-corrected chi connectivity index (χ4v) is 1.63. The maximum absolute atomic E-state index is 11.4. The number of benzene rings is 2. The Morgan fingerprint density at radius 2 is 1.37 bits per heavy atom. The number of esters is 1. The Hall–Kier alpha value is -1.22. The molecule has 0 heterocycles. The Bertz CT molecular complexity index is 559. The van der Waals surface area contributed by atoms with E-state index >= 15 is 0 Å². The summed E-state index contributed by atoms with van der Waals surface area (Å²) in [6, 6.07) is 16.8. The molecule has 5 heteroatoms. The molecule has 0 amide bonds. The minimum atomic E-state index is -2.07. The molecule has 0 N–H and O–H groups in total. The predicted octanol–water partition coefficient (Wildman–Crippen LogP) is 4.63. The summed E-state index contributed by atoms with van der Waals surface area (Å²) in [7, 11) is 0. The van der Waals surface area contributed by atoms with Crippen molar-refractivity contribution in [1.29, 1.82) is 0 Å². The monoisotopic (exact) mass is 314 g/mol. The highest BCUT2D eigenvalue weighted by atomic mass is 35.6. The third-order valence-corrected chi connectivity index (χ3v) is 2.87. The van der Waals surface area contributed by atoms with E-state index in [1.807, 2.05) is 42.5 Å². The maximum Gasteiger partial charge on any atom is 0.363 e. The van der Waals surface area contributed by atoms with Gasteiger partial charge in [-0.25, -0.2) is 4.79 Å². The van der Waals surface area contributed by atoms with Crippen molar-refractivity contribution in [2.24, 2.45) is 0 Å². The summed E-state index contributed by atoms with van der Waals surface area (Å²) in [5.74, 6) is -0.596. The molecule has 0 atom stereocenters. The van der Waals surface area contributed by atoms with E-state index in [1.165, 1.54) is 0 Å². The van der Waals surface area contributed by atoms with Gasteiger partial charge in [0, 0.05) is 0 Å². The van der Waals surface area contributed by atoms with Gasteiger partial charge < -0.3 is 4.74 Å². The van der Waals surface area contributed by atoms with E-state index in [9.17, 15) is 4.79 Å². The van der Waals surface area contributed by atoms with Crippen LogP contribution in [0.1, 0.15) is 0 Å². The van der Waals surface area contributed by atoms with E-state index < -0.39 is 9.76 Å². The molecule has 2 nitrogen and oxygen atoms in total. The highest BCUT2D eigenvalue weighted by molar-refractivity contribution is 6.75. The number of ether oxygens (including phenoxy) is 1. The average Bonchev–Trinajstić information content (AvgIpc) is 2.39. The molecule has 0 spiro atoms. The van der Waals surface area contributed by atoms with Crippen LogP contribution in [0.25, 0.3) is 11.1 Å². The summed E-state index contributed by atoms with van der Waals surface area (Å²) in [6.45, 7) is 0. The summed E-state index contributed by atoms with van der Waals surface area (Å²) >= 11 is 16.3. The van der Waals surface area contributed by atoms with Gasteiger partial charge >= 0.3 is 5.97 Å². The highest BCUT2D eigenvalue weighted by Gasteiger charge is 2.33. The molecular weight excluding hydrogens is 307 g/mol. The largest absolute Gasteiger partial charge is 0.423 e. The van der Waals surface area contributed by atoms with Crippen molar-refractivity contribution < 1.29 is 9.53 Å². The lowest BCUT2D eigenvalue weighted by Crippen LogP contribution is -2.24. The Kier molecular flexibility index (Phi) is 4.35. The normalized spacial score (nSPS) is 11.1. The smallest absolute Gasteiger partial charge is 0.363 e. The molecule has 19 heavy (non-hydrogen) atoms. The zero-order chi connectivity index (χ0) is 13.9. The first-order valence-corrected chi connectivity index (χ1v) is 6.55. The first kappa shape index (κ1) is 14.2. The van der Waals surface area contributed by atoms with Gasteiger partial charge in [0.25, 0.3) is 3.79 Å². The first-order valence-electron chi connectivity index (χ1n) is 5.41. The van der Waals surface area contributed by atoms with Gasteiger partial charge in [-0.2, -0.15) is 0 Å².